The SMILES string of the molecule is Nc1nc(=O)n(C2OC(CO)C(F)(F)C2F)cc1/C=C\F. The van der Waals surface area contributed by atoms with Gasteiger partial charge in [-0.1, -0.05) is 0 Å². The molecule has 2 heterocycles. The van der Waals surface area contributed by atoms with Gasteiger partial charge in [0.15, 0.2) is 6.23 Å². The summed E-state index contributed by atoms with van der Waals surface area (Å²) < 4.78 is 58.1. The van der Waals surface area contributed by atoms with Crippen LogP contribution in [0.25, 0.3) is 6.08 Å². The highest BCUT2D eigenvalue weighted by Crippen LogP contribution is 2.42. The van der Waals surface area contributed by atoms with Gasteiger partial charge in [0.25, 0.3) is 0 Å². The summed E-state index contributed by atoms with van der Waals surface area (Å²) in [5.74, 6) is -4.32. The third kappa shape index (κ3) is 2.51. The molecular weight excluding hydrogens is 298 g/mol. The molecule has 0 radical (unpaired) electrons. The first-order chi connectivity index (χ1) is 9.82. The minimum Gasteiger partial charge on any atom is -0.393 e. The smallest absolute Gasteiger partial charge is 0.351 e. The predicted molar refractivity (Wildman–Crippen MR) is 63.9 cm³/mol. The fraction of sp³-hybridized carbons (Fsp3) is 0.455. The van der Waals surface area contributed by atoms with Gasteiger partial charge in [0, 0.05) is 11.8 Å². The summed E-state index contributed by atoms with van der Waals surface area (Å²) in [5.41, 5.74) is 4.11. The van der Waals surface area contributed by atoms with Gasteiger partial charge < -0.3 is 15.6 Å². The van der Waals surface area contributed by atoms with Crippen LogP contribution in [0.15, 0.2) is 17.3 Å². The highest BCUT2D eigenvalue weighted by atomic mass is 19.3. The van der Waals surface area contributed by atoms with Crippen molar-refractivity contribution in [2.45, 2.75) is 24.4 Å². The highest BCUT2D eigenvalue weighted by molar-refractivity contribution is 5.58. The number of alkyl halides is 3. The lowest BCUT2D eigenvalue weighted by Gasteiger charge is -2.17. The maximum absolute atomic E-state index is 13.8. The van der Waals surface area contributed by atoms with E-state index >= 15 is 0 Å². The van der Waals surface area contributed by atoms with E-state index in [1.807, 2.05) is 0 Å². The molecule has 0 aliphatic carbocycles. The van der Waals surface area contributed by atoms with Crippen LogP contribution in [0, 0.1) is 0 Å². The summed E-state index contributed by atoms with van der Waals surface area (Å²) in [6.45, 7) is -1.13. The van der Waals surface area contributed by atoms with E-state index < -0.39 is 36.7 Å². The quantitative estimate of drug-likeness (QED) is 0.799. The molecule has 0 amide bonds. The van der Waals surface area contributed by atoms with E-state index in [0.29, 0.717) is 4.57 Å². The Morgan fingerprint density at radius 1 is 1.57 bits per heavy atom. The zero-order chi connectivity index (χ0) is 15.8. The minimum absolute atomic E-state index is 0.0930. The molecule has 1 saturated heterocycles. The molecular formula is C11H11F4N3O3. The number of hydrogen-bond acceptors (Lipinski definition) is 5. The van der Waals surface area contributed by atoms with E-state index in [1.165, 1.54) is 0 Å². The Hall–Kier alpha value is -1.94. The lowest BCUT2D eigenvalue weighted by molar-refractivity contribution is -0.111. The summed E-state index contributed by atoms with van der Waals surface area (Å²) in [6, 6.07) is 0. The molecule has 10 heteroatoms. The van der Waals surface area contributed by atoms with Gasteiger partial charge in [-0.3, -0.25) is 4.57 Å². The van der Waals surface area contributed by atoms with Crippen molar-refractivity contribution in [1.82, 2.24) is 9.55 Å². The molecule has 0 aromatic carbocycles. The zero-order valence-corrected chi connectivity index (χ0v) is 10.4. The van der Waals surface area contributed by atoms with Crippen molar-refractivity contribution >= 4 is 11.9 Å². The Labute approximate surface area is 115 Å². The molecule has 3 N–H and O–H groups in total. The van der Waals surface area contributed by atoms with Gasteiger partial charge in [-0.15, -0.1) is 0 Å². The van der Waals surface area contributed by atoms with Gasteiger partial charge in [0.1, 0.15) is 11.9 Å². The fourth-order valence-electron chi connectivity index (χ4n) is 1.94. The second-order valence-corrected chi connectivity index (χ2v) is 4.34. The van der Waals surface area contributed by atoms with Gasteiger partial charge in [-0.2, -0.15) is 4.98 Å². The van der Waals surface area contributed by atoms with Gasteiger partial charge in [-0.05, 0) is 6.08 Å². The third-order valence-corrected chi connectivity index (χ3v) is 3.04. The highest BCUT2D eigenvalue weighted by Gasteiger charge is 2.60. The number of hydrogen-bond donors (Lipinski definition) is 2. The molecule has 1 aliphatic heterocycles. The second-order valence-electron chi connectivity index (χ2n) is 4.34. The predicted octanol–water partition coefficient (Wildman–Crippen LogP) is 0.629. The van der Waals surface area contributed by atoms with Crippen LogP contribution in [0.4, 0.5) is 23.4 Å². The number of rotatable bonds is 3. The Balaban J connectivity index is 2.48. The van der Waals surface area contributed by atoms with Crippen molar-refractivity contribution < 1.29 is 27.4 Å². The Bertz CT molecular complexity index is 619. The van der Waals surface area contributed by atoms with Crippen molar-refractivity contribution in [2.75, 3.05) is 12.3 Å². The standard InChI is InChI=1S/C11H11F4N3O3/c12-2-1-5-3-18(10(20)17-8(5)16)9-7(13)11(14,15)6(4-19)21-9/h1-3,6-7,9,19H,4H2,(H2,16,17,20)/b2-1-. The van der Waals surface area contributed by atoms with E-state index in [2.05, 4.69) is 9.72 Å². The van der Waals surface area contributed by atoms with Crippen LogP contribution in [0.2, 0.25) is 0 Å². The monoisotopic (exact) mass is 309 g/mol. The number of nitrogen functional groups attached to an aromatic ring is 1. The number of halogens is 4. The van der Waals surface area contributed by atoms with Crippen molar-refractivity contribution in [1.29, 1.82) is 0 Å². The van der Waals surface area contributed by atoms with Gasteiger partial charge in [0.05, 0.1) is 12.9 Å². The molecule has 6 nitrogen and oxygen atoms in total. The maximum atomic E-state index is 13.8. The lowest BCUT2D eigenvalue weighted by Crippen LogP contribution is -2.39. The average Bonchev–Trinajstić information content (AvgIpc) is 2.64. The van der Waals surface area contributed by atoms with Gasteiger partial charge >= 0.3 is 11.6 Å². The molecule has 0 saturated carbocycles. The number of aliphatic hydroxyl groups excluding tert-OH is 1. The Morgan fingerprint density at radius 2 is 2.24 bits per heavy atom. The lowest BCUT2D eigenvalue weighted by atomic mass is 10.1. The number of nitrogens with two attached hydrogens (primary N) is 1. The first-order valence-electron chi connectivity index (χ1n) is 5.76. The normalized spacial score (nSPS) is 28.3. The van der Waals surface area contributed by atoms with Crippen LogP contribution in [0.1, 0.15) is 11.8 Å². The molecule has 0 bridgehead atoms. The molecule has 3 unspecified atom stereocenters. The number of aliphatic hydroxyl groups is 1. The average molecular weight is 309 g/mol. The van der Waals surface area contributed by atoms with Crippen molar-refractivity contribution in [3.8, 4) is 0 Å². The van der Waals surface area contributed by atoms with Gasteiger partial charge in [-0.25, -0.2) is 22.4 Å². The summed E-state index contributed by atoms with van der Waals surface area (Å²) in [6.07, 6.45) is -5.20. The largest absolute Gasteiger partial charge is 0.393 e. The molecule has 0 spiro atoms. The fourth-order valence-corrected chi connectivity index (χ4v) is 1.94. The van der Waals surface area contributed by atoms with Crippen molar-refractivity contribution in [3.63, 3.8) is 0 Å². The number of aromatic nitrogens is 2. The van der Waals surface area contributed by atoms with Crippen LogP contribution < -0.4 is 11.4 Å². The minimum atomic E-state index is -3.98. The van der Waals surface area contributed by atoms with Crippen LogP contribution >= 0.6 is 0 Å². The second kappa shape index (κ2) is 5.45. The molecule has 2 rings (SSSR count). The molecule has 3 atom stereocenters. The van der Waals surface area contributed by atoms with E-state index in [4.69, 9.17) is 10.8 Å². The molecule has 1 fully saturated rings. The van der Waals surface area contributed by atoms with E-state index in [0.717, 1.165) is 12.3 Å². The van der Waals surface area contributed by atoms with Crippen LogP contribution in [-0.2, 0) is 4.74 Å². The summed E-state index contributed by atoms with van der Waals surface area (Å²) in [7, 11) is 0. The molecule has 1 aromatic rings. The van der Waals surface area contributed by atoms with E-state index in [9.17, 15) is 22.4 Å². The topological polar surface area (TPSA) is 90.4 Å². The van der Waals surface area contributed by atoms with Crippen LogP contribution in [-0.4, -0.2) is 39.5 Å². The molecule has 1 aliphatic rings. The van der Waals surface area contributed by atoms with Crippen molar-refractivity contribution in [3.05, 3.63) is 28.6 Å². The van der Waals surface area contributed by atoms with Crippen LogP contribution in [0.3, 0.4) is 0 Å². The van der Waals surface area contributed by atoms with Crippen molar-refractivity contribution in [2.24, 2.45) is 0 Å². The number of nitrogens with zero attached hydrogens (tertiary/aromatic N) is 2. The third-order valence-electron chi connectivity index (χ3n) is 3.04. The number of anilines is 1. The first-order valence-corrected chi connectivity index (χ1v) is 5.76. The summed E-state index contributed by atoms with van der Waals surface area (Å²) in [4.78, 5) is 14.9. The maximum Gasteiger partial charge on any atom is 0.351 e. The summed E-state index contributed by atoms with van der Waals surface area (Å²) in [5, 5.41) is 8.78. The summed E-state index contributed by atoms with van der Waals surface area (Å²) >= 11 is 0. The molecule has 116 valence electrons. The van der Waals surface area contributed by atoms with E-state index in [1.54, 1.807) is 0 Å². The van der Waals surface area contributed by atoms with Gasteiger partial charge in [0.2, 0.25) is 6.17 Å². The molecule has 1 aromatic heterocycles. The number of ether oxygens (including phenoxy) is 1. The van der Waals surface area contributed by atoms with Crippen LogP contribution in [0.5, 0.6) is 0 Å². The Kier molecular flexibility index (Phi) is 4.01. The Morgan fingerprint density at radius 3 is 2.76 bits per heavy atom. The first kappa shape index (κ1) is 15.4. The zero-order valence-electron chi connectivity index (χ0n) is 10.4. The molecule has 21 heavy (non-hydrogen) atoms. The van der Waals surface area contributed by atoms with E-state index in [-0.39, 0.29) is 17.7 Å².